The van der Waals surface area contributed by atoms with Crippen molar-refractivity contribution in [3.63, 3.8) is 0 Å². The van der Waals surface area contributed by atoms with E-state index < -0.39 is 174 Å². The highest BCUT2D eigenvalue weighted by Crippen LogP contribution is 2.26. The maximum atomic E-state index is 15.2. The molecule has 1 saturated heterocycles. The molecule has 1 fully saturated rings. The van der Waals surface area contributed by atoms with E-state index in [1.165, 1.54) is 102 Å². The summed E-state index contributed by atoms with van der Waals surface area (Å²) in [5.74, 6) is -10.6. The molecule has 0 aromatic carbocycles. The van der Waals surface area contributed by atoms with Crippen molar-refractivity contribution in [2.75, 3.05) is 69.1 Å². The fraction of sp³-hybridized carbons (Fsp3) is 0.768. The molecule has 1 aliphatic rings. The van der Waals surface area contributed by atoms with Crippen molar-refractivity contribution in [1.82, 2.24) is 55.6 Å². The number of hydrogen-bond acceptors (Lipinski definition) is 16. The maximum absolute atomic E-state index is 15.2. The monoisotopic (exact) mass is 1360 g/mol. The summed E-state index contributed by atoms with van der Waals surface area (Å²) < 4.78 is 16.4. The summed E-state index contributed by atoms with van der Waals surface area (Å²) in [5.41, 5.74) is -0.797. The minimum Gasteiger partial charge on any atom is -0.430 e. The smallest absolute Gasteiger partial charge is 0.430 e. The Morgan fingerprint density at radius 1 is 0.531 bits per heavy atom. The van der Waals surface area contributed by atoms with E-state index in [-0.39, 0.29) is 63.1 Å². The van der Waals surface area contributed by atoms with Crippen LogP contribution < -0.4 is 21.3 Å². The van der Waals surface area contributed by atoms with Crippen molar-refractivity contribution in [1.29, 1.82) is 0 Å². The molecule has 0 aromatic heterocycles. The number of aliphatic hydroxyl groups excluding tert-OH is 1. The number of likely N-dealkylation sites (N-methyl/N-ethyl adjacent to an activating group) is 7. The molecule has 27 heteroatoms. The van der Waals surface area contributed by atoms with Crippen LogP contribution in [-0.2, 0) is 67.0 Å². The molecule has 548 valence electrons. The number of nitrogens with zero attached hydrogens (tertiary/aromatic N) is 7. The molecular formula is C69H121N11O16. The lowest BCUT2D eigenvalue weighted by molar-refractivity contribution is -0.157. The first-order valence-electron chi connectivity index (χ1n) is 33.8. The molecule has 1 aliphatic heterocycles. The highest BCUT2D eigenvalue weighted by molar-refractivity contribution is 5.99. The van der Waals surface area contributed by atoms with Crippen LogP contribution in [-0.4, -0.2) is 258 Å². The predicted octanol–water partition coefficient (Wildman–Crippen LogP) is 4.14. The Kier molecular flexibility index (Phi) is 36.1. The van der Waals surface area contributed by atoms with Gasteiger partial charge >= 0.3 is 6.16 Å². The summed E-state index contributed by atoms with van der Waals surface area (Å²) >= 11 is 0. The Hall–Kier alpha value is -7.16. The fourth-order valence-electron chi connectivity index (χ4n) is 11.3. The molecule has 13 atom stereocenters. The Morgan fingerprint density at radius 3 is 1.49 bits per heavy atom. The van der Waals surface area contributed by atoms with E-state index in [0.29, 0.717) is 0 Å². The van der Waals surface area contributed by atoms with Crippen molar-refractivity contribution in [3.8, 4) is 0 Å². The molecule has 0 radical (unpaired) electrons. The lowest BCUT2D eigenvalue weighted by atomic mass is 9.91. The fourth-order valence-corrected chi connectivity index (χ4v) is 11.3. The van der Waals surface area contributed by atoms with E-state index in [2.05, 4.69) is 21.3 Å². The Labute approximate surface area is 572 Å². The van der Waals surface area contributed by atoms with Gasteiger partial charge in [-0.3, -0.25) is 52.7 Å². The summed E-state index contributed by atoms with van der Waals surface area (Å²) in [5, 5.41) is 23.1. The van der Waals surface area contributed by atoms with Crippen molar-refractivity contribution >= 4 is 71.1 Å². The van der Waals surface area contributed by atoms with Crippen molar-refractivity contribution < 1.29 is 76.9 Å². The number of nitrogens with one attached hydrogen (secondary N) is 4. The Balaban J connectivity index is 4.38. The van der Waals surface area contributed by atoms with Crippen LogP contribution in [0.25, 0.3) is 0 Å². The molecule has 0 saturated carbocycles. The van der Waals surface area contributed by atoms with Gasteiger partial charge in [-0.15, -0.1) is 0 Å². The number of hydrogen-bond donors (Lipinski definition) is 5. The quantitative estimate of drug-likeness (QED) is 0.0896. The van der Waals surface area contributed by atoms with Crippen molar-refractivity contribution in [2.24, 2.45) is 35.5 Å². The van der Waals surface area contributed by atoms with Crippen LogP contribution >= 0.6 is 0 Å². The first kappa shape index (κ1) is 86.9. The number of carbonyl (C=O) groups is 12. The molecule has 27 nitrogen and oxygen atoms in total. The average molecular weight is 1360 g/mol. The second-order valence-corrected chi connectivity index (χ2v) is 28.7. The van der Waals surface area contributed by atoms with Gasteiger partial charge in [0.05, 0.1) is 25.4 Å². The predicted molar refractivity (Wildman–Crippen MR) is 366 cm³/mol. The third kappa shape index (κ3) is 26.0. The molecule has 11 amide bonds. The maximum Gasteiger partial charge on any atom is 0.509 e. The normalized spacial score (nSPS) is 25.6. The summed E-state index contributed by atoms with van der Waals surface area (Å²) in [6.07, 6.45) is 3.55. The van der Waals surface area contributed by atoms with E-state index in [0.717, 1.165) is 14.7 Å². The van der Waals surface area contributed by atoms with Crippen molar-refractivity contribution in [2.45, 2.75) is 242 Å². The van der Waals surface area contributed by atoms with E-state index in [1.54, 1.807) is 81.4 Å². The number of rotatable bonds is 19. The lowest BCUT2D eigenvalue weighted by Crippen LogP contribution is -2.63. The number of ether oxygens (including phenoxy) is 3. The summed E-state index contributed by atoms with van der Waals surface area (Å²) in [4.78, 5) is 182. The first-order valence-corrected chi connectivity index (χ1v) is 33.8. The van der Waals surface area contributed by atoms with Gasteiger partial charge in [0.25, 0.3) is 0 Å². The van der Waals surface area contributed by atoms with Gasteiger partial charge in [0.1, 0.15) is 72.6 Å². The van der Waals surface area contributed by atoms with Gasteiger partial charge in [-0.25, -0.2) is 4.79 Å². The third-order valence-electron chi connectivity index (χ3n) is 17.1. The molecule has 0 bridgehead atoms. The van der Waals surface area contributed by atoms with Crippen LogP contribution in [0, 0.1) is 35.5 Å². The first-order chi connectivity index (χ1) is 44.3. The molecule has 5 N–H and O–H groups in total. The second kappa shape index (κ2) is 39.9. The minimum absolute atomic E-state index is 0.0388. The standard InChI is InChI=1S/C69H121N11O16/c1-27-29-32-44(13)57(82)56-61(86)72-48(28-2)63(88)74(20)38-52(81)78(24)55(47(16)94-33-30-31-34-95-68(93)96-69(17,18)19)60(85)73-53(42(9)10)66(91)75(21)49(35-39(3)4)59(84)70-45(14)58(83)71-46(15)62(87)76(22)50(36-40(5)6)64(89)77(23)51(37-41(7)8)65(90)79(25)54(43(11)12)67(92)80(56)26/h27,29-31,39-51,53-57,82H,28,32-38H2,1-26H3,(H,70,84)(H,71,83)(H,72,86)(H,73,85)/b29-27+,31-30+/t44-,45+,46+,47-,48+,49-,50+,51-,53+,54+,55+,56+,57-/m1/s1. The van der Waals surface area contributed by atoms with Gasteiger partial charge in [-0.1, -0.05) is 101 Å². The van der Waals surface area contributed by atoms with Crippen LogP contribution in [0.4, 0.5) is 4.79 Å². The molecule has 96 heavy (non-hydrogen) atoms. The van der Waals surface area contributed by atoms with E-state index in [1.807, 2.05) is 41.5 Å². The SMILES string of the molecule is C/C=C/C[C@@H](C)[C@@H](O)[C@H]1C(=O)N[C@@H](CC)C(=O)N(C)CC(=O)N(C)[C@@H]([C@@H](C)OC/C=C/COC(=O)OC(C)(C)C)C(=O)N[C@@H](C(C)C)C(=O)N(C)[C@H](CC(C)C)C(=O)N[C@@H](C)C(=O)N[C@@H](C)C(=O)N(C)[C@@H](CC(C)C)C(=O)N(C)[C@H](CC(C)C)C(=O)N(C)[C@@H](C(C)C)C(=O)N1C. The second-order valence-electron chi connectivity index (χ2n) is 28.7. The number of aliphatic hydroxyl groups is 1. The van der Waals surface area contributed by atoms with Crippen LogP contribution in [0.1, 0.15) is 164 Å². The molecule has 0 spiro atoms. The number of amides is 11. The van der Waals surface area contributed by atoms with E-state index in [4.69, 9.17) is 14.2 Å². The minimum atomic E-state index is -1.66. The summed E-state index contributed by atoms with van der Waals surface area (Å²) in [6.45, 7) is 31.3. The lowest BCUT2D eigenvalue weighted by Gasteiger charge is -2.41. The Bertz CT molecular complexity index is 2690. The van der Waals surface area contributed by atoms with E-state index in [9.17, 15) is 48.3 Å². The highest BCUT2D eigenvalue weighted by atomic mass is 16.7. The molecule has 1 rings (SSSR count). The molecule has 0 aromatic rings. The zero-order valence-corrected chi connectivity index (χ0v) is 62.6. The van der Waals surface area contributed by atoms with Crippen LogP contribution in [0.3, 0.4) is 0 Å². The van der Waals surface area contributed by atoms with Gasteiger partial charge in [-0.2, -0.15) is 0 Å². The highest BCUT2D eigenvalue weighted by Gasteiger charge is 2.46. The largest absolute Gasteiger partial charge is 0.509 e. The number of carbonyl (C=O) groups excluding carboxylic acids is 12. The summed E-state index contributed by atoms with van der Waals surface area (Å²) in [6, 6.07) is -13.2. The zero-order chi connectivity index (χ0) is 74.3. The Morgan fingerprint density at radius 2 is 1.00 bits per heavy atom. The van der Waals surface area contributed by atoms with Gasteiger partial charge < -0.3 is 74.9 Å². The molecule has 1 heterocycles. The van der Waals surface area contributed by atoms with Crippen molar-refractivity contribution in [3.05, 3.63) is 24.3 Å². The van der Waals surface area contributed by atoms with Gasteiger partial charge in [0.15, 0.2) is 0 Å². The van der Waals surface area contributed by atoms with Crippen LogP contribution in [0.5, 0.6) is 0 Å². The van der Waals surface area contributed by atoms with Gasteiger partial charge in [-0.05, 0) is 122 Å². The van der Waals surface area contributed by atoms with Crippen LogP contribution in [0.2, 0.25) is 0 Å². The molecular weight excluding hydrogens is 1240 g/mol. The van der Waals surface area contributed by atoms with Gasteiger partial charge in [0.2, 0.25) is 65.0 Å². The zero-order valence-electron chi connectivity index (χ0n) is 62.6. The van der Waals surface area contributed by atoms with Gasteiger partial charge in [0, 0.05) is 49.3 Å². The number of allylic oxidation sites excluding steroid dienone is 2. The van der Waals surface area contributed by atoms with Crippen LogP contribution in [0.15, 0.2) is 24.3 Å². The summed E-state index contributed by atoms with van der Waals surface area (Å²) in [7, 11) is 9.64. The van der Waals surface area contributed by atoms with E-state index >= 15 is 14.4 Å². The third-order valence-corrected chi connectivity index (χ3v) is 17.1. The topological polar surface area (TPSA) is 324 Å². The average Bonchev–Trinajstić information content (AvgIpc) is 0.808. The molecule has 0 unspecified atom stereocenters. The molecule has 0 aliphatic carbocycles.